The third-order valence-corrected chi connectivity index (χ3v) is 9.85. The van der Waals surface area contributed by atoms with Crippen molar-refractivity contribution in [1.29, 1.82) is 5.26 Å². The van der Waals surface area contributed by atoms with Crippen molar-refractivity contribution in [2.45, 2.75) is 69.0 Å². The van der Waals surface area contributed by atoms with E-state index in [0.29, 0.717) is 39.1 Å². The van der Waals surface area contributed by atoms with Gasteiger partial charge in [0.05, 0.1) is 41.4 Å². The van der Waals surface area contributed by atoms with Gasteiger partial charge in [0.25, 0.3) is 0 Å². The molecule has 5 fully saturated rings. The molecule has 4 bridgehead atoms. The molecular formula is C32H31ClFN7. The molecule has 2 N–H and O–H groups in total. The molecular weight excluding hydrogens is 537 g/mol. The predicted molar refractivity (Wildman–Crippen MR) is 156 cm³/mol. The number of anilines is 2. The Morgan fingerprint density at radius 3 is 2.46 bits per heavy atom. The molecule has 5 aliphatic rings. The number of aromatic nitrogens is 4. The SMILES string of the molecule is [2H][C@@](Nc1cc(Cl)c2ncc(C#N)c(NC34CC5CC(CC(C5)C3)C4)c2c1)(c1ccc(F)cc1)c1cn(C2CC2)nn1. The lowest BCUT2D eigenvalue weighted by Gasteiger charge is -2.57. The van der Waals surface area contributed by atoms with E-state index in [-0.39, 0.29) is 11.4 Å². The molecule has 9 heteroatoms. The van der Waals surface area contributed by atoms with Gasteiger partial charge in [-0.15, -0.1) is 5.10 Å². The zero-order chi connectivity index (χ0) is 28.6. The summed E-state index contributed by atoms with van der Waals surface area (Å²) in [5.41, 5.74) is 3.29. The van der Waals surface area contributed by atoms with Crippen LogP contribution in [0.5, 0.6) is 0 Å². The van der Waals surface area contributed by atoms with Gasteiger partial charge in [-0.1, -0.05) is 28.9 Å². The van der Waals surface area contributed by atoms with E-state index in [1.54, 1.807) is 35.3 Å². The Hall–Kier alpha value is -3.70. The van der Waals surface area contributed by atoms with Gasteiger partial charge in [0, 0.05) is 22.8 Å². The van der Waals surface area contributed by atoms with Gasteiger partial charge >= 0.3 is 0 Å². The van der Waals surface area contributed by atoms with Gasteiger partial charge in [0.1, 0.15) is 17.6 Å². The molecule has 2 aromatic heterocycles. The molecule has 0 radical (unpaired) electrons. The van der Waals surface area contributed by atoms with E-state index in [1.807, 2.05) is 6.07 Å². The Bertz CT molecular complexity index is 1710. The van der Waals surface area contributed by atoms with Gasteiger partial charge in [0.2, 0.25) is 0 Å². The molecule has 41 heavy (non-hydrogen) atoms. The van der Waals surface area contributed by atoms with Crippen LogP contribution in [-0.2, 0) is 0 Å². The first kappa shape index (κ1) is 24.0. The quantitative estimate of drug-likeness (QED) is 0.241. The molecule has 0 unspecified atom stereocenters. The maximum Gasteiger partial charge on any atom is 0.123 e. The lowest BCUT2D eigenvalue weighted by molar-refractivity contribution is 0.0107. The number of hydrogen-bond acceptors (Lipinski definition) is 6. The summed E-state index contributed by atoms with van der Waals surface area (Å²) in [4.78, 5) is 4.56. The fourth-order valence-electron chi connectivity index (χ4n) is 8.03. The first-order chi connectivity index (χ1) is 20.3. The molecule has 208 valence electrons. The second kappa shape index (κ2) is 9.42. The average molecular weight is 569 g/mol. The molecule has 0 aliphatic heterocycles. The molecule has 5 saturated carbocycles. The summed E-state index contributed by atoms with van der Waals surface area (Å²) >= 11 is 6.85. The summed E-state index contributed by atoms with van der Waals surface area (Å²) in [6.45, 7) is 0. The van der Waals surface area contributed by atoms with Crippen molar-refractivity contribution in [2.75, 3.05) is 10.6 Å². The van der Waals surface area contributed by atoms with E-state index in [0.717, 1.165) is 60.9 Å². The Labute approximate surface area is 244 Å². The molecule has 1 atom stereocenters. The highest BCUT2D eigenvalue weighted by Crippen LogP contribution is 2.57. The fraction of sp³-hybridized carbons (Fsp3) is 0.438. The highest BCUT2D eigenvalue weighted by molar-refractivity contribution is 6.35. The number of nitrogens with zero attached hydrogens (tertiary/aromatic N) is 5. The van der Waals surface area contributed by atoms with Crippen molar-refractivity contribution in [1.82, 2.24) is 20.0 Å². The van der Waals surface area contributed by atoms with Crippen molar-refractivity contribution in [3.63, 3.8) is 0 Å². The Morgan fingerprint density at radius 1 is 1.10 bits per heavy atom. The second-order valence-corrected chi connectivity index (χ2v) is 13.1. The third-order valence-electron chi connectivity index (χ3n) is 9.56. The van der Waals surface area contributed by atoms with E-state index < -0.39 is 6.02 Å². The first-order valence-electron chi connectivity index (χ1n) is 15.1. The zero-order valence-corrected chi connectivity index (χ0v) is 23.3. The lowest BCUT2D eigenvalue weighted by atomic mass is 9.53. The second-order valence-electron chi connectivity index (χ2n) is 12.7. The van der Waals surface area contributed by atoms with E-state index in [2.05, 4.69) is 32.0 Å². The Kier molecular flexibility index (Phi) is 5.50. The lowest BCUT2D eigenvalue weighted by Crippen LogP contribution is -2.54. The predicted octanol–water partition coefficient (Wildman–Crippen LogP) is 7.41. The minimum absolute atomic E-state index is 0.0286. The fourth-order valence-corrected chi connectivity index (χ4v) is 8.30. The van der Waals surface area contributed by atoms with Crippen molar-refractivity contribution < 1.29 is 5.76 Å². The number of nitrogens with one attached hydrogen (secondary N) is 2. The van der Waals surface area contributed by atoms with Gasteiger partial charge in [-0.25, -0.2) is 9.07 Å². The Morgan fingerprint density at radius 2 is 1.80 bits per heavy atom. The summed E-state index contributed by atoms with van der Waals surface area (Å²) in [5.74, 6) is 1.85. The zero-order valence-electron chi connectivity index (χ0n) is 23.6. The molecule has 0 spiro atoms. The number of fused-ring (bicyclic) bond motifs is 1. The van der Waals surface area contributed by atoms with Gasteiger partial charge < -0.3 is 10.6 Å². The molecule has 2 heterocycles. The van der Waals surface area contributed by atoms with E-state index >= 15 is 0 Å². The number of hydrogen-bond donors (Lipinski definition) is 2. The van der Waals surface area contributed by atoms with E-state index in [1.165, 1.54) is 31.4 Å². The van der Waals surface area contributed by atoms with Crippen molar-refractivity contribution in [2.24, 2.45) is 17.8 Å². The summed E-state index contributed by atoms with van der Waals surface area (Å²) in [6.07, 6.45) is 12.8. The molecule has 2 aromatic carbocycles. The summed E-state index contributed by atoms with van der Waals surface area (Å²) in [6, 6.07) is 10.6. The molecule has 4 aromatic rings. The van der Waals surface area contributed by atoms with Crippen molar-refractivity contribution in [3.8, 4) is 6.07 Å². The largest absolute Gasteiger partial charge is 0.378 e. The van der Waals surface area contributed by atoms with Gasteiger partial charge in [0.15, 0.2) is 0 Å². The van der Waals surface area contributed by atoms with Crippen LogP contribution in [0.2, 0.25) is 5.02 Å². The standard InChI is InChI=1S/C32H31ClFN7/c33-27-11-24(37-30(21-1-3-23(34)4-2-21)28-17-41(40-39-28)25-5-6-25)10-26-29(22(15-35)16-36-31(26)27)38-32-12-18-7-19(13-32)9-20(8-18)14-32/h1-4,10-11,16-20,25,30,37H,5-9,12-14H2,(H,36,38)/t18?,19?,20?,30-,32?/m1/s1/i30D. The molecule has 0 saturated heterocycles. The van der Waals surface area contributed by atoms with E-state index in [4.69, 9.17) is 11.6 Å². The van der Waals surface area contributed by atoms with Crippen LogP contribution in [-0.4, -0.2) is 25.5 Å². The number of pyridine rings is 1. The van der Waals surface area contributed by atoms with Crippen LogP contribution < -0.4 is 10.6 Å². The van der Waals surface area contributed by atoms with Gasteiger partial charge in [-0.3, -0.25) is 4.98 Å². The third kappa shape index (κ3) is 4.51. The number of nitriles is 1. The summed E-state index contributed by atoms with van der Waals surface area (Å²) < 4.78 is 25.3. The van der Waals surface area contributed by atoms with Crippen molar-refractivity contribution in [3.05, 3.63) is 76.5 Å². The normalized spacial score (nSPS) is 28.2. The maximum atomic E-state index is 13.9. The maximum absolute atomic E-state index is 13.9. The highest BCUT2D eigenvalue weighted by Gasteiger charge is 2.51. The number of halogens is 2. The van der Waals surface area contributed by atoms with Crippen LogP contribution in [0.25, 0.3) is 10.9 Å². The van der Waals surface area contributed by atoms with Crippen LogP contribution in [0.15, 0.2) is 48.8 Å². The first-order valence-corrected chi connectivity index (χ1v) is 15.0. The van der Waals surface area contributed by atoms with Crippen LogP contribution >= 0.6 is 11.6 Å². The molecule has 9 rings (SSSR count). The van der Waals surface area contributed by atoms with Gasteiger partial charge in [-0.2, -0.15) is 5.26 Å². The minimum atomic E-state index is -1.58. The van der Waals surface area contributed by atoms with E-state index in [9.17, 15) is 11.0 Å². The number of rotatable bonds is 7. The molecule has 7 nitrogen and oxygen atoms in total. The molecule has 0 amide bonds. The minimum Gasteiger partial charge on any atom is -0.378 e. The van der Waals surface area contributed by atoms with Crippen LogP contribution in [0.4, 0.5) is 15.8 Å². The number of benzene rings is 2. The highest BCUT2D eigenvalue weighted by atomic mass is 35.5. The van der Waals surface area contributed by atoms with Crippen molar-refractivity contribution >= 4 is 33.9 Å². The monoisotopic (exact) mass is 568 g/mol. The van der Waals surface area contributed by atoms with Crippen LogP contribution in [0, 0.1) is 34.9 Å². The average Bonchev–Trinajstić information content (AvgIpc) is 3.68. The topological polar surface area (TPSA) is 91.5 Å². The molecule has 5 aliphatic carbocycles. The Balaban J connectivity index is 1.22. The summed E-state index contributed by atoms with van der Waals surface area (Å²) in [5, 5.41) is 27.2. The smallest absolute Gasteiger partial charge is 0.123 e. The van der Waals surface area contributed by atoms with Crippen LogP contribution in [0.3, 0.4) is 0 Å². The van der Waals surface area contributed by atoms with Crippen LogP contribution in [0.1, 0.15) is 81.6 Å². The van der Waals surface area contributed by atoms with Gasteiger partial charge in [-0.05, 0) is 98.9 Å². The summed E-state index contributed by atoms with van der Waals surface area (Å²) in [7, 11) is 0.